The van der Waals surface area contributed by atoms with Gasteiger partial charge >= 0.3 is 0 Å². The molecule has 4 aromatic rings. The minimum Gasteiger partial charge on any atom is -0.490 e. The van der Waals surface area contributed by atoms with Gasteiger partial charge < -0.3 is 9.47 Å². The van der Waals surface area contributed by atoms with E-state index in [-0.39, 0.29) is 24.3 Å². The van der Waals surface area contributed by atoms with Gasteiger partial charge in [0.2, 0.25) is 0 Å². The van der Waals surface area contributed by atoms with E-state index in [1.165, 1.54) is 4.90 Å². The number of ether oxygens (including phenoxy) is 2. The highest BCUT2D eigenvalue weighted by Crippen LogP contribution is 2.36. The van der Waals surface area contributed by atoms with Gasteiger partial charge in [-0.15, -0.1) is 0 Å². The zero-order chi connectivity index (χ0) is 26.6. The third-order valence-electron chi connectivity index (χ3n) is 6.08. The molecule has 0 saturated carbocycles. The van der Waals surface area contributed by atoms with E-state index in [9.17, 15) is 9.59 Å². The van der Waals surface area contributed by atoms with Crippen LogP contribution in [-0.4, -0.2) is 22.7 Å². The van der Waals surface area contributed by atoms with E-state index in [0.29, 0.717) is 44.2 Å². The van der Waals surface area contributed by atoms with Gasteiger partial charge in [-0.1, -0.05) is 77.8 Å². The SMILES string of the molecule is CCOc1cc(/C=C2\SC(=O)N(Cc3cccc4ccccc34)C2=O)ccc1OCc1c(Cl)cccc1Cl. The number of amides is 2. The number of thioether (sulfide) groups is 1. The van der Waals surface area contributed by atoms with Crippen molar-refractivity contribution in [3.63, 3.8) is 0 Å². The summed E-state index contributed by atoms with van der Waals surface area (Å²) in [4.78, 5) is 27.6. The number of halogens is 2. The monoisotopic (exact) mass is 563 g/mol. The predicted octanol–water partition coefficient (Wildman–Crippen LogP) is 8.36. The Kier molecular flexibility index (Phi) is 7.93. The number of imide groups is 1. The van der Waals surface area contributed by atoms with Crippen molar-refractivity contribution in [3.05, 3.63) is 111 Å². The molecule has 1 heterocycles. The molecule has 192 valence electrons. The summed E-state index contributed by atoms with van der Waals surface area (Å²) in [6.45, 7) is 2.68. The van der Waals surface area contributed by atoms with E-state index in [1.807, 2.05) is 55.5 Å². The number of hydrogen-bond acceptors (Lipinski definition) is 5. The zero-order valence-electron chi connectivity index (χ0n) is 20.4. The lowest BCUT2D eigenvalue weighted by molar-refractivity contribution is -0.123. The summed E-state index contributed by atoms with van der Waals surface area (Å²) in [5, 5.41) is 2.83. The fourth-order valence-electron chi connectivity index (χ4n) is 4.21. The van der Waals surface area contributed by atoms with E-state index < -0.39 is 0 Å². The fourth-order valence-corrected chi connectivity index (χ4v) is 5.56. The lowest BCUT2D eigenvalue weighted by Gasteiger charge is -2.15. The van der Waals surface area contributed by atoms with Gasteiger partial charge in [0.1, 0.15) is 6.61 Å². The number of carbonyl (C=O) groups is 2. The zero-order valence-corrected chi connectivity index (χ0v) is 22.8. The predicted molar refractivity (Wildman–Crippen MR) is 154 cm³/mol. The van der Waals surface area contributed by atoms with Crippen LogP contribution in [0.25, 0.3) is 16.8 Å². The van der Waals surface area contributed by atoms with Crippen LogP contribution in [0.2, 0.25) is 10.0 Å². The van der Waals surface area contributed by atoms with Gasteiger partial charge in [-0.05, 0) is 70.9 Å². The number of benzene rings is 4. The molecule has 0 bridgehead atoms. The molecule has 0 aliphatic carbocycles. The molecule has 0 atom stereocenters. The first-order chi connectivity index (χ1) is 18.4. The molecule has 1 aliphatic heterocycles. The molecule has 1 fully saturated rings. The maximum Gasteiger partial charge on any atom is 0.293 e. The molecule has 8 heteroatoms. The average Bonchev–Trinajstić information content (AvgIpc) is 3.17. The molecule has 0 N–H and O–H groups in total. The van der Waals surface area contributed by atoms with Crippen molar-refractivity contribution >= 4 is 63.0 Å². The molecule has 0 unspecified atom stereocenters. The van der Waals surface area contributed by atoms with Gasteiger partial charge in [-0.2, -0.15) is 0 Å². The minimum absolute atomic E-state index is 0.172. The molecule has 4 aromatic carbocycles. The van der Waals surface area contributed by atoms with Crippen LogP contribution in [0.1, 0.15) is 23.6 Å². The summed E-state index contributed by atoms with van der Waals surface area (Å²) < 4.78 is 11.8. The van der Waals surface area contributed by atoms with Crippen LogP contribution < -0.4 is 9.47 Å². The summed E-state index contributed by atoms with van der Waals surface area (Å²) in [6.07, 6.45) is 1.70. The van der Waals surface area contributed by atoms with Gasteiger partial charge in [0.25, 0.3) is 11.1 Å². The Balaban J connectivity index is 1.36. The van der Waals surface area contributed by atoms with Gasteiger partial charge in [0, 0.05) is 15.6 Å². The van der Waals surface area contributed by atoms with Gasteiger partial charge in [0.05, 0.1) is 18.1 Å². The molecule has 38 heavy (non-hydrogen) atoms. The van der Waals surface area contributed by atoms with Crippen LogP contribution in [0.3, 0.4) is 0 Å². The minimum atomic E-state index is -0.320. The lowest BCUT2D eigenvalue weighted by atomic mass is 10.0. The van der Waals surface area contributed by atoms with Crippen molar-refractivity contribution in [2.24, 2.45) is 0 Å². The Morgan fingerprint density at radius 2 is 1.61 bits per heavy atom. The van der Waals surface area contributed by atoms with Crippen LogP contribution in [0.4, 0.5) is 4.79 Å². The second-order valence-corrected chi connectivity index (χ2v) is 10.3. The molecule has 5 rings (SSSR count). The molecule has 2 amide bonds. The van der Waals surface area contributed by atoms with E-state index in [2.05, 4.69) is 0 Å². The smallest absolute Gasteiger partial charge is 0.293 e. The summed E-state index contributed by atoms with van der Waals surface area (Å²) >= 11 is 13.5. The number of hydrogen-bond donors (Lipinski definition) is 0. The third-order valence-corrected chi connectivity index (χ3v) is 7.70. The Labute approximate surface area is 234 Å². The van der Waals surface area contributed by atoms with Crippen molar-refractivity contribution in [1.29, 1.82) is 0 Å². The van der Waals surface area contributed by atoms with Crippen molar-refractivity contribution in [1.82, 2.24) is 4.90 Å². The van der Waals surface area contributed by atoms with E-state index in [0.717, 1.165) is 28.1 Å². The third kappa shape index (κ3) is 5.53. The molecule has 0 aromatic heterocycles. The largest absolute Gasteiger partial charge is 0.490 e. The fraction of sp³-hybridized carbons (Fsp3) is 0.133. The van der Waals surface area contributed by atoms with E-state index in [4.69, 9.17) is 32.7 Å². The number of fused-ring (bicyclic) bond motifs is 1. The number of nitrogens with zero attached hydrogens (tertiary/aromatic N) is 1. The summed E-state index contributed by atoms with van der Waals surface area (Å²) in [7, 11) is 0. The average molecular weight is 564 g/mol. The maximum absolute atomic E-state index is 13.2. The van der Waals surface area contributed by atoms with Crippen LogP contribution in [0.15, 0.2) is 83.8 Å². The quantitative estimate of drug-likeness (QED) is 0.201. The summed E-state index contributed by atoms with van der Waals surface area (Å²) in [6, 6.07) is 24.5. The second-order valence-electron chi connectivity index (χ2n) is 8.53. The first-order valence-corrected chi connectivity index (χ1v) is 13.6. The van der Waals surface area contributed by atoms with Gasteiger partial charge in [-0.25, -0.2) is 0 Å². The molecule has 0 spiro atoms. The Morgan fingerprint density at radius 3 is 2.39 bits per heavy atom. The van der Waals surface area contributed by atoms with Crippen LogP contribution >= 0.6 is 35.0 Å². The molecule has 5 nitrogen and oxygen atoms in total. The first-order valence-electron chi connectivity index (χ1n) is 12.0. The normalized spacial score (nSPS) is 14.5. The standard InChI is InChI=1S/C30H23Cl2NO4S/c1-2-36-27-15-19(13-14-26(27)37-18-23-24(31)11-6-12-25(23)32)16-28-29(34)33(30(35)38-28)17-21-9-5-8-20-7-3-4-10-22(20)21/h3-16H,2,17-18H2,1H3/b28-16-. The first kappa shape index (κ1) is 26.2. The maximum atomic E-state index is 13.2. The van der Waals surface area contributed by atoms with Crippen molar-refractivity contribution in [3.8, 4) is 11.5 Å². The van der Waals surface area contributed by atoms with Crippen LogP contribution in [0.5, 0.6) is 11.5 Å². The Hall–Kier alpha value is -3.45. The molecule has 1 aliphatic rings. The lowest BCUT2D eigenvalue weighted by Crippen LogP contribution is -2.27. The topological polar surface area (TPSA) is 55.8 Å². The van der Waals surface area contributed by atoms with Crippen LogP contribution in [0, 0.1) is 0 Å². The molecule has 1 saturated heterocycles. The Morgan fingerprint density at radius 1 is 0.868 bits per heavy atom. The highest BCUT2D eigenvalue weighted by Gasteiger charge is 2.35. The van der Waals surface area contributed by atoms with Gasteiger partial charge in [-0.3, -0.25) is 14.5 Å². The van der Waals surface area contributed by atoms with E-state index >= 15 is 0 Å². The molecular weight excluding hydrogens is 541 g/mol. The summed E-state index contributed by atoms with van der Waals surface area (Å²) in [5.41, 5.74) is 2.32. The Bertz CT molecular complexity index is 1540. The van der Waals surface area contributed by atoms with Crippen LogP contribution in [-0.2, 0) is 17.9 Å². The molecule has 0 radical (unpaired) electrons. The molecular formula is C30H23Cl2NO4S. The highest BCUT2D eigenvalue weighted by atomic mass is 35.5. The van der Waals surface area contributed by atoms with Crippen molar-refractivity contribution < 1.29 is 19.1 Å². The van der Waals surface area contributed by atoms with Gasteiger partial charge in [0.15, 0.2) is 11.5 Å². The van der Waals surface area contributed by atoms with E-state index in [1.54, 1.807) is 36.4 Å². The van der Waals surface area contributed by atoms with Crippen molar-refractivity contribution in [2.75, 3.05) is 6.61 Å². The number of rotatable bonds is 8. The highest BCUT2D eigenvalue weighted by molar-refractivity contribution is 8.18. The van der Waals surface area contributed by atoms with Crippen molar-refractivity contribution in [2.45, 2.75) is 20.1 Å². The number of carbonyl (C=O) groups excluding carboxylic acids is 2. The second kappa shape index (κ2) is 11.5. The summed E-state index contributed by atoms with van der Waals surface area (Å²) in [5.74, 6) is 0.711.